The molecule has 0 spiro atoms. The molecule has 3 aromatic carbocycles. The van der Waals surface area contributed by atoms with E-state index in [9.17, 15) is 27.9 Å². The average molecular weight is 589 g/mol. The van der Waals surface area contributed by atoms with Gasteiger partial charge in [-0.1, -0.05) is 70.3 Å². The van der Waals surface area contributed by atoms with Gasteiger partial charge >= 0.3 is 12.1 Å². The molecule has 1 amide bonds. The smallest absolute Gasteiger partial charge is 0.392 e. The zero-order valence-corrected chi connectivity index (χ0v) is 21.3. The molecule has 2 atom stereocenters. The fourth-order valence-electron chi connectivity index (χ4n) is 3.66. The number of carbonyl (C=O) groups excluding carboxylic acids is 1. The third kappa shape index (κ3) is 6.78. The van der Waals surface area contributed by atoms with Crippen molar-refractivity contribution in [2.45, 2.75) is 25.4 Å². The lowest BCUT2D eigenvalue weighted by Gasteiger charge is -2.26. The first-order valence-electron chi connectivity index (χ1n) is 10.3. The van der Waals surface area contributed by atoms with Gasteiger partial charge in [0.1, 0.15) is 0 Å². The standard InChI is InChI=1S/C25H19BrCl2F3NO3/c1-13(25(29,30)31)23(14-3-7-18(27)8-4-14)24(35)32-21-10-15(5-9-20(21)28)19-12-17(26)6-2-16(19)11-22(33)34/h2-10,12-13,23H,11H2,1H3,(H,32,35)(H,33,34)/t13-,23+/m1/s1. The van der Waals surface area contributed by atoms with Crippen LogP contribution in [0, 0.1) is 5.92 Å². The Morgan fingerprint density at radius 2 is 1.69 bits per heavy atom. The number of carboxylic acids is 1. The van der Waals surface area contributed by atoms with E-state index in [1.54, 1.807) is 24.3 Å². The molecule has 0 fully saturated rings. The molecule has 0 saturated heterocycles. The van der Waals surface area contributed by atoms with E-state index in [1.807, 2.05) is 0 Å². The SMILES string of the molecule is C[C@H]([C@H](C(=O)Nc1cc(-c2cc(Br)ccc2CC(=O)O)ccc1Cl)c1ccc(Cl)cc1)C(F)(F)F. The first-order chi connectivity index (χ1) is 16.4. The highest BCUT2D eigenvalue weighted by Gasteiger charge is 2.45. The number of carboxylic acid groups (broad SMARTS) is 1. The maximum Gasteiger partial charge on any atom is 0.392 e. The van der Waals surface area contributed by atoms with Crippen molar-refractivity contribution in [2.24, 2.45) is 5.92 Å². The average Bonchev–Trinajstić information content (AvgIpc) is 2.77. The third-order valence-corrected chi connectivity index (χ3v) is 6.55. The first kappa shape index (κ1) is 27.0. The minimum Gasteiger partial charge on any atom is -0.481 e. The van der Waals surface area contributed by atoms with Crippen LogP contribution < -0.4 is 5.32 Å². The number of aliphatic carboxylic acids is 1. The molecule has 184 valence electrons. The summed E-state index contributed by atoms with van der Waals surface area (Å²) in [5.41, 5.74) is 1.88. The molecule has 0 aliphatic carbocycles. The molecule has 4 nitrogen and oxygen atoms in total. The monoisotopic (exact) mass is 587 g/mol. The van der Waals surface area contributed by atoms with Crippen molar-refractivity contribution < 1.29 is 27.9 Å². The number of benzene rings is 3. The van der Waals surface area contributed by atoms with E-state index >= 15 is 0 Å². The van der Waals surface area contributed by atoms with Crippen molar-refractivity contribution in [3.63, 3.8) is 0 Å². The minimum atomic E-state index is -4.63. The topological polar surface area (TPSA) is 66.4 Å². The molecular weight excluding hydrogens is 570 g/mol. The van der Waals surface area contributed by atoms with Crippen LogP contribution in [0.1, 0.15) is 24.0 Å². The van der Waals surface area contributed by atoms with E-state index < -0.39 is 29.9 Å². The highest BCUT2D eigenvalue weighted by molar-refractivity contribution is 9.10. The summed E-state index contributed by atoms with van der Waals surface area (Å²) in [5, 5.41) is 12.2. The molecule has 35 heavy (non-hydrogen) atoms. The Balaban J connectivity index is 2.01. The number of anilines is 1. The maximum absolute atomic E-state index is 13.6. The zero-order valence-electron chi connectivity index (χ0n) is 18.2. The molecule has 10 heteroatoms. The summed E-state index contributed by atoms with van der Waals surface area (Å²) in [5.74, 6) is -5.46. The van der Waals surface area contributed by atoms with Gasteiger partial charge in [-0.25, -0.2) is 0 Å². The van der Waals surface area contributed by atoms with Gasteiger partial charge in [0.2, 0.25) is 5.91 Å². The lowest BCUT2D eigenvalue weighted by Crippen LogP contribution is -2.34. The van der Waals surface area contributed by atoms with Crippen molar-refractivity contribution in [1.29, 1.82) is 0 Å². The number of nitrogens with one attached hydrogen (secondary N) is 1. The third-order valence-electron chi connectivity index (χ3n) is 5.48. The van der Waals surface area contributed by atoms with Crippen LogP contribution in [0.2, 0.25) is 10.0 Å². The van der Waals surface area contributed by atoms with Crippen LogP contribution in [0.15, 0.2) is 65.1 Å². The molecule has 0 bridgehead atoms. The highest BCUT2D eigenvalue weighted by atomic mass is 79.9. The van der Waals surface area contributed by atoms with Crippen LogP contribution in [0.4, 0.5) is 18.9 Å². The molecule has 0 aliphatic heterocycles. The summed E-state index contributed by atoms with van der Waals surface area (Å²) in [6, 6.07) is 15.3. The summed E-state index contributed by atoms with van der Waals surface area (Å²) in [4.78, 5) is 24.5. The van der Waals surface area contributed by atoms with Gasteiger partial charge in [0.05, 0.1) is 29.0 Å². The number of hydrogen-bond donors (Lipinski definition) is 2. The summed E-state index contributed by atoms with van der Waals surface area (Å²) < 4.78 is 41.6. The molecule has 3 rings (SSSR count). The van der Waals surface area contributed by atoms with E-state index in [1.165, 1.54) is 36.4 Å². The predicted octanol–water partition coefficient (Wildman–Crippen LogP) is 7.97. The van der Waals surface area contributed by atoms with Gasteiger partial charge in [0.15, 0.2) is 0 Å². The van der Waals surface area contributed by atoms with Crippen LogP contribution in [0.25, 0.3) is 11.1 Å². The Morgan fingerprint density at radius 3 is 2.29 bits per heavy atom. The van der Waals surface area contributed by atoms with Crippen LogP contribution >= 0.6 is 39.1 Å². The van der Waals surface area contributed by atoms with Gasteiger partial charge in [-0.15, -0.1) is 0 Å². The Labute approximate surface area is 218 Å². The van der Waals surface area contributed by atoms with Crippen molar-refractivity contribution in [2.75, 3.05) is 5.32 Å². The second kappa shape index (κ2) is 11.0. The van der Waals surface area contributed by atoms with Gasteiger partial charge in [-0.3, -0.25) is 9.59 Å². The zero-order chi connectivity index (χ0) is 25.9. The van der Waals surface area contributed by atoms with E-state index in [-0.39, 0.29) is 22.7 Å². The van der Waals surface area contributed by atoms with Crippen LogP contribution in [-0.2, 0) is 16.0 Å². The summed E-state index contributed by atoms with van der Waals surface area (Å²) in [7, 11) is 0. The normalized spacial score (nSPS) is 13.2. The quantitative estimate of drug-likeness (QED) is 0.294. The maximum atomic E-state index is 13.6. The summed E-state index contributed by atoms with van der Waals surface area (Å²) in [6.45, 7) is 0.941. The fraction of sp³-hybridized carbons (Fsp3) is 0.200. The number of rotatable bonds is 7. The Hall–Kier alpha value is -2.55. The van der Waals surface area contributed by atoms with Crippen LogP contribution in [0.3, 0.4) is 0 Å². The van der Waals surface area contributed by atoms with Gasteiger partial charge in [0, 0.05) is 9.50 Å². The number of carbonyl (C=O) groups is 2. The van der Waals surface area contributed by atoms with Crippen molar-refractivity contribution in [3.05, 3.63) is 86.3 Å². The van der Waals surface area contributed by atoms with E-state index in [4.69, 9.17) is 23.2 Å². The molecule has 0 unspecified atom stereocenters. The number of halogens is 6. The minimum absolute atomic E-state index is 0.101. The van der Waals surface area contributed by atoms with Gasteiger partial charge in [0.25, 0.3) is 0 Å². The Morgan fingerprint density at radius 1 is 1.03 bits per heavy atom. The second-order valence-corrected chi connectivity index (χ2v) is 9.67. The van der Waals surface area contributed by atoms with E-state index in [2.05, 4.69) is 21.2 Å². The molecule has 0 aliphatic rings. The fourth-order valence-corrected chi connectivity index (χ4v) is 4.31. The van der Waals surface area contributed by atoms with Crippen LogP contribution in [0.5, 0.6) is 0 Å². The Bertz CT molecular complexity index is 1250. The Kier molecular flexibility index (Phi) is 8.51. The van der Waals surface area contributed by atoms with Crippen LogP contribution in [-0.4, -0.2) is 23.2 Å². The van der Waals surface area contributed by atoms with Crippen molar-refractivity contribution >= 4 is 56.7 Å². The molecule has 0 aromatic heterocycles. The van der Waals surface area contributed by atoms with Gasteiger partial charge in [-0.05, 0) is 58.7 Å². The number of hydrogen-bond acceptors (Lipinski definition) is 2. The van der Waals surface area contributed by atoms with E-state index in [0.29, 0.717) is 26.2 Å². The van der Waals surface area contributed by atoms with Crippen molar-refractivity contribution in [3.8, 4) is 11.1 Å². The largest absolute Gasteiger partial charge is 0.481 e. The lowest BCUT2D eigenvalue weighted by molar-refractivity contribution is -0.178. The van der Waals surface area contributed by atoms with Gasteiger partial charge in [-0.2, -0.15) is 13.2 Å². The number of alkyl halides is 3. The number of amides is 1. The molecule has 3 aromatic rings. The lowest BCUT2D eigenvalue weighted by atomic mass is 9.85. The molecular formula is C25H19BrCl2F3NO3. The predicted molar refractivity (Wildman–Crippen MR) is 134 cm³/mol. The first-order valence-corrected chi connectivity index (χ1v) is 11.8. The molecule has 0 radical (unpaired) electrons. The van der Waals surface area contributed by atoms with E-state index in [0.717, 1.165) is 6.92 Å². The molecule has 2 N–H and O–H groups in total. The van der Waals surface area contributed by atoms with Crippen molar-refractivity contribution in [1.82, 2.24) is 0 Å². The molecule has 0 saturated carbocycles. The molecule has 0 heterocycles. The highest BCUT2D eigenvalue weighted by Crippen LogP contribution is 2.39. The summed E-state index contributed by atoms with van der Waals surface area (Å²) in [6.07, 6.45) is -4.87. The summed E-state index contributed by atoms with van der Waals surface area (Å²) >= 11 is 15.5. The van der Waals surface area contributed by atoms with Gasteiger partial charge < -0.3 is 10.4 Å². The second-order valence-electron chi connectivity index (χ2n) is 7.92.